The van der Waals surface area contributed by atoms with Crippen molar-refractivity contribution in [2.75, 3.05) is 20.6 Å². The van der Waals surface area contributed by atoms with Crippen LogP contribution < -0.4 is 10.6 Å². The lowest BCUT2D eigenvalue weighted by atomic mass is 10.1. The third-order valence-electron chi connectivity index (χ3n) is 2.41. The predicted molar refractivity (Wildman–Crippen MR) is 65.3 cm³/mol. The first-order chi connectivity index (χ1) is 7.27. The molecule has 0 atom stereocenters. The second-order valence-electron chi connectivity index (χ2n) is 3.43. The van der Waals surface area contributed by atoms with Gasteiger partial charge in [0.05, 0.1) is 0 Å². The molecule has 1 rings (SSSR count). The molecular formula is C12H19N3. The van der Waals surface area contributed by atoms with Crippen LogP contribution in [-0.4, -0.2) is 26.6 Å². The van der Waals surface area contributed by atoms with Crippen LogP contribution in [0.2, 0.25) is 0 Å². The molecule has 0 aliphatic rings. The van der Waals surface area contributed by atoms with Gasteiger partial charge < -0.3 is 10.6 Å². The molecule has 0 bridgehead atoms. The minimum absolute atomic E-state index is 0.837. The summed E-state index contributed by atoms with van der Waals surface area (Å²) in [7, 11) is 3.63. The zero-order chi connectivity index (χ0) is 11.1. The van der Waals surface area contributed by atoms with E-state index in [0.717, 1.165) is 18.9 Å². The Labute approximate surface area is 91.6 Å². The Kier molecular flexibility index (Phi) is 4.68. The molecule has 1 aromatic rings. The number of hydrogen-bond acceptors (Lipinski definition) is 1. The van der Waals surface area contributed by atoms with Crippen molar-refractivity contribution in [3.63, 3.8) is 0 Å². The normalized spacial score (nSPS) is 11.3. The fourth-order valence-electron chi connectivity index (χ4n) is 1.49. The van der Waals surface area contributed by atoms with E-state index < -0.39 is 0 Å². The summed E-state index contributed by atoms with van der Waals surface area (Å²) in [6.07, 6.45) is 1.02. The molecule has 0 amide bonds. The third kappa shape index (κ3) is 3.62. The lowest BCUT2D eigenvalue weighted by Crippen LogP contribution is -2.35. The molecule has 0 fully saturated rings. The van der Waals surface area contributed by atoms with Gasteiger partial charge in [0, 0.05) is 20.6 Å². The number of aliphatic imine (C=N–C) groups is 1. The molecule has 3 heteroatoms. The Morgan fingerprint density at radius 3 is 2.67 bits per heavy atom. The third-order valence-corrected chi connectivity index (χ3v) is 2.41. The van der Waals surface area contributed by atoms with Crippen LogP contribution >= 0.6 is 0 Å². The Hall–Kier alpha value is -1.51. The fraction of sp³-hybridized carbons (Fsp3) is 0.417. The van der Waals surface area contributed by atoms with Crippen molar-refractivity contribution >= 4 is 5.96 Å². The van der Waals surface area contributed by atoms with Gasteiger partial charge in [0.25, 0.3) is 0 Å². The van der Waals surface area contributed by atoms with Crippen molar-refractivity contribution in [1.29, 1.82) is 0 Å². The van der Waals surface area contributed by atoms with Crippen LogP contribution in [0.1, 0.15) is 11.1 Å². The van der Waals surface area contributed by atoms with Crippen LogP contribution in [0.5, 0.6) is 0 Å². The zero-order valence-electron chi connectivity index (χ0n) is 9.67. The van der Waals surface area contributed by atoms with Crippen molar-refractivity contribution in [2.45, 2.75) is 13.3 Å². The Balaban J connectivity index is 2.41. The molecule has 1 aromatic carbocycles. The van der Waals surface area contributed by atoms with Crippen LogP contribution in [0.15, 0.2) is 29.3 Å². The number of benzene rings is 1. The molecule has 0 saturated heterocycles. The average Bonchev–Trinajstić information content (AvgIpc) is 2.27. The summed E-state index contributed by atoms with van der Waals surface area (Å²) in [5.74, 6) is 0.837. The lowest BCUT2D eigenvalue weighted by molar-refractivity contribution is 0.830. The van der Waals surface area contributed by atoms with Crippen molar-refractivity contribution < 1.29 is 0 Å². The number of hydrogen-bond donors (Lipinski definition) is 2. The van der Waals surface area contributed by atoms with Gasteiger partial charge in [-0.15, -0.1) is 0 Å². The summed E-state index contributed by atoms with van der Waals surface area (Å²) in [5, 5.41) is 6.23. The summed E-state index contributed by atoms with van der Waals surface area (Å²) >= 11 is 0. The Morgan fingerprint density at radius 1 is 1.33 bits per heavy atom. The molecular weight excluding hydrogens is 186 g/mol. The number of nitrogens with one attached hydrogen (secondary N) is 2. The van der Waals surface area contributed by atoms with E-state index in [4.69, 9.17) is 0 Å². The first kappa shape index (κ1) is 11.6. The minimum Gasteiger partial charge on any atom is -0.359 e. The van der Waals surface area contributed by atoms with E-state index in [1.54, 1.807) is 7.05 Å². The molecule has 0 aliphatic carbocycles. The maximum atomic E-state index is 4.05. The van der Waals surface area contributed by atoms with E-state index in [1.165, 1.54) is 11.1 Å². The van der Waals surface area contributed by atoms with Gasteiger partial charge in [0.1, 0.15) is 0 Å². The van der Waals surface area contributed by atoms with E-state index in [9.17, 15) is 0 Å². The SMILES string of the molecule is CN=C(NC)NCCc1ccccc1C. The van der Waals surface area contributed by atoms with Gasteiger partial charge in [0.2, 0.25) is 0 Å². The van der Waals surface area contributed by atoms with Crippen molar-refractivity contribution in [3.05, 3.63) is 35.4 Å². The predicted octanol–water partition coefficient (Wildman–Crippen LogP) is 1.33. The second-order valence-corrected chi connectivity index (χ2v) is 3.43. The van der Waals surface area contributed by atoms with Crippen LogP contribution in [-0.2, 0) is 6.42 Å². The number of nitrogens with zero attached hydrogens (tertiary/aromatic N) is 1. The van der Waals surface area contributed by atoms with E-state index in [0.29, 0.717) is 0 Å². The van der Waals surface area contributed by atoms with Crippen molar-refractivity contribution in [3.8, 4) is 0 Å². The Bertz CT molecular complexity index is 331. The van der Waals surface area contributed by atoms with Gasteiger partial charge in [-0.05, 0) is 24.5 Å². The van der Waals surface area contributed by atoms with Crippen LogP contribution in [0.4, 0.5) is 0 Å². The second kappa shape index (κ2) is 6.06. The largest absolute Gasteiger partial charge is 0.359 e. The van der Waals surface area contributed by atoms with Crippen LogP contribution in [0, 0.1) is 6.92 Å². The first-order valence-electron chi connectivity index (χ1n) is 5.21. The molecule has 0 radical (unpaired) electrons. The minimum atomic E-state index is 0.837. The molecule has 15 heavy (non-hydrogen) atoms. The molecule has 0 heterocycles. The summed E-state index contributed by atoms with van der Waals surface area (Å²) in [5.41, 5.74) is 2.73. The van der Waals surface area contributed by atoms with Crippen LogP contribution in [0.3, 0.4) is 0 Å². The van der Waals surface area contributed by atoms with Gasteiger partial charge in [-0.1, -0.05) is 24.3 Å². The highest BCUT2D eigenvalue weighted by Gasteiger charge is 1.97. The highest BCUT2D eigenvalue weighted by Crippen LogP contribution is 2.06. The fourth-order valence-corrected chi connectivity index (χ4v) is 1.49. The number of aryl methyl sites for hydroxylation is 1. The van der Waals surface area contributed by atoms with Crippen molar-refractivity contribution in [2.24, 2.45) is 4.99 Å². The summed E-state index contributed by atoms with van der Waals surface area (Å²) in [6.45, 7) is 3.04. The molecule has 82 valence electrons. The monoisotopic (exact) mass is 205 g/mol. The van der Waals surface area contributed by atoms with Gasteiger partial charge in [-0.25, -0.2) is 0 Å². The molecule has 0 unspecified atom stereocenters. The maximum Gasteiger partial charge on any atom is 0.190 e. The summed E-state index contributed by atoms with van der Waals surface area (Å²) in [4.78, 5) is 4.05. The first-order valence-corrected chi connectivity index (χ1v) is 5.21. The number of rotatable bonds is 3. The molecule has 0 saturated carbocycles. The van der Waals surface area contributed by atoms with Gasteiger partial charge >= 0.3 is 0 Å². The average molecular weight is 205 g/mol. The maximum absolute atomic E-state index is 4.05. The van der Waals surface area contributed by atoms with Gasteiger partial charge in [-0.3, -0.25) is 4.99 Å². The molecule has 0 aliphatic heterocycles. The topological polar surface area (TPSA) is 36.4 Å². The van der Waals surface area contributed by atoms with Gasteiger partial charge in [-0.2, -0.15) is 0 Å². The van der Waals surface area contributed by atoms with E-state index in [1.807, 2.05) is 7.05 Å². The summed E-state index contributed by atoms with van der Waals surface area (Å²) in [6, 6.07) is 8.45. The zero-order valence-corrected chi connectivity index (χ0v) is 9.67. The molecule has 2 N–H and O–H groups in total. The van der Waals surface area contributed by atoms with E-state index in [-0.39, 0.29) is 0 Å². The quantitative estimate of drug-likeness (QED) is 0.577. The Morgan fingerprint density at radius 2 is 2.07 bits per heavy atom. The molecule has 0 spiro atoms. The molecule has 0 aromatic heterocycles. The van der Waals surface area contributed by atoms with Crippen molar-refractivity contribution in [1.82, 2.24) is 10.6 Å². The molecule has 3 nitrogen and oxygen atoms in total. The highest BCUT2D eigenvalue weighted by atomic mass is 15.1. The van der Waals surface area contributed by atoms with E-state index >= 15 is 0 Å². The van der Waals surface area contributed by atoms with Gasteiger partial charge in [0.15, 0.2) is 5.96 Å². The summed E-state index contributed by atoms with van der Waals surface area (Å²) < 4.78 is 0. The smallest absolute Gasteiger partial charge is 0.190 e. The highest BCUT2D eigenvalue weighted by molar-refractivity contribution is 5.79. The lowest BCUT2D eigenvalue weighted by Gasteiger charge is -2.09. The van der Waals surface area contributed by atoms with E-state index in [2.05, 4.69) is 46.8 Å². The standard InChI is InChI=1S/C12H19N3/c1-10-6-4-5-7-11(10)8-9-15-12(13-2)14-3/h4-7H,8-9H2,1-3H3,(H2,13,14,15). The number of guanidine groups is 1. The van der Waals surface area contributed by atoms with Crippen LogP contribution in [0.25, 0.3) is 0 Å².